The third kappa shape index (κ3) is 2.20. The first-order valence-corrected chi connectivity index (χ1v) is 10.6. The number of hydrogen-bond acceptors (Lipinski definition) is 2. The second-order valence-corrected chi connectivity index (χ2v) is 9.60. The molecule has 0 fully saturated rings. The summed E-state index contributed by atoms with van der Waals surface area (Å²) in [4.78, 5) is 18.2. The quantitative estimate of drug-likeness (QED) is 0.581. The molecular formula is C13H12OSSe2. The van der Waals surface area contributed by atoms with E-state index < -0.39 is 0 Å². The van der Waals surface area contributed by atoms with Gasteiger partial charge < -0.3 is 0 Å². The summed E-state index contributed by atoms with van der Waals surface area (Å²) in [6.07, 6.45) is 9.62. The van der Waals surface area contributed by atoms with E-state index in [2.05, 4.69) is 40.3 Å². The fraction of sp³-hybridized carbons (Fsp3) is 0. The molecule has 0 aromatic carbocycles. The molecule has 4 heteroatoms. The molecule has 0 saturated heterocycles. The van der Waals surface area contributed by atoms with Crippen molar-refractivity contribution in [3.63, 3.8) is 0 Å². The Morgan fingerprint density at radius 1 is 1.06 bits per heavy atom. The Labute approximate surface area is 116 Å². The first-order valence-electron chi connectivity index (χ1n) is 5.25. The Morgan fingerprint density at radius 2 is 1.76 bits per heavy atom. The van der Waals surface area contributed by atoms with E-state index in [-0.39, 0.29) is 29.9 Å². The van der Waals surface area contributed by atoms with Crippen molar-refractivity contribution >= 4 is 56.5 Å². The molecular weight excluding hydrogens is 362 g/mol. The molecule has 3 rings (SSSR count). The van der Waals surface area contributed by atoms with Crippen LogP contribution in [0, 0.1) is 0 Å². The van der Waals surface area contributed by atoms with Gasteiger partial charge in [-0.25, -0.2) is 0 Å². The summed E-state index contributed by atoms with van der Waals surface area (Å²) < 4.78 is 2.85. The topological polar surface area (TPSA) is 17.1 Å². The molecule has 1 nitrogen and oxygen atoms in total. The molecule has 2 aliphatic heterocycles. The molecule has 0 spiro atoms. The van der Waals surface area contributed by atoms with Crippen LogP contribution in [0.3, 0.4) is 0 Å². The van der Waals surface area contributed by atoms with Gasteiger partial charge in [0.2, 0.25) is 0 Å². The number of allylic oxidation sites excluding steroid dienone is 4. The van der Waals surface area contributed by atoms with Gasteiger partial charge in [0, 0.05) is 0 Å². The van der Waals surface area contributed by atoms with Gasteiger partial charge in [-0.05, 0) is 0 Å². The van der Waals surface area contributed by atoms with Crippen molar-refractivity contribution in [2.45, 2.75) is 0 Å². The van der Waals surface area contributed by atoms with Crippen LogP contribution >= 0.6 is 11.3 Å². The maximum absolute atomic E-state index is 11.2. The molecule has 0 saturated carbocycles. The summed E-state index contributed by atoms with van der Waals surface area (Å²) in [6, 6.07) is 2.07. The number of thiophene rings is 1. The van der Waals surface area contributed by atoms with Crippen LogP contribution in [0.1, 0.15) is 20.1 Å². The van der Waals surface area contributed by atoms with Crippen molar-refractivity contribution in [3.8, 4) is 0 Å². The average molecular weight is 374 g/mol. The van der Waals surface area contributed by atoms with Crippen molar-refractivity contribution < 1.29 is 4.79 Å². The van der Waals surface area contributed by atoms with Gasteiger partial charge in [0.05, 0.1) is 0 Å². The minimum absolute atomic E-state index is 0.101. The zero-order chi connectivity index (χ0) is 11.7. The third-order valence-electron chi connectivity index (χ3n) is 2.59. The third-order valence-corrected chi connectivity index (χ3v) is 9.17. The van der Waals surface area contributed by atoms with Gasteiger partial charge in [-0.2, -0.15) is 0 Å². The van der Waals surface area contributed by atoms with Crippen molar-refractivity contribution in [2.75, 3.05) is 0 Å². The minimum atomic E-state index is -0.150. The number of rotatable bonds is 3. The number of carbonyl (C=O) groups is 1. The van der Waals surface area contributed by atoms with Crippen LogP contribution in [0.25, 0.3) is 8.94 Å². The zero-order valence-electron chi connectivity index (χ0n) is 8.94. The molecule has 2 aliphatic rings. The Hall–Kier alpha value is -0.631. The molecule has 0 unspecified atom stereocenters. The van der Waals surface area contributed by atoms with Crippen molar-refractivity contribution in [3.05, 3.63) is 55.6 Å². The Kier molecular flexibility index (Phi) is 3.32. The van der Waals surface area contributed by atoms with Crippen LogP contribution in [-0.2, 0) is 0 Å². The van der Waals surface area contributed by atoms with Crippen molar-refractivity contribution in [2.24, 2.45) is 0 Å². The SMILES string of the molecule is O=Cc1cc(C2=CC=C[SeH2]2)sc1C1=CC=C[SeH2]1. The molecule has 0 N–H and O–H groups in total. The maximum atomic E-state index is 11.2. The number of carbonyl (C=O) groups excluding carboxylic acids is 1. The van der Waals surface area contributed by atoms with Crippen molar-refractivity contribution in [1.82, 2.24) is 0 Å². The monoisotopic (exact) mass is 376 g/mol. The van der Waals surface area contributed by atoms with Gasteiger partial charge in [0.15, 0.2) is 0 Å². The van der Waals surface area contributed by atoms with E-state index in [1.807, 2.05) is 0 Å². The van der Waals surface area contributed by atoms with Gasteiger partial charge in [-0.3, -0.25) is 0 Å². The second kappa shape index (κ2) is 4.93. The summed E-state index contributed by atoms with van der Waals surface area (Å²) >= 11 is 1.54. The fourth-order valence-corrected chi connectivity index (χ4v) is 7.43. The molecule has 1 aromatic heterocycles. The van der Waals surface area contributed by atoms with Gasteiger partial charge >= 0.3 is 117 Å². The first-order chi connectivity index (χ1) is 8.38. The number of hydrogen-bond donors (Lipinski definition) is 0. The van der Waals surface area contributed by atoms with Crippen LogP contribution in [0.4, 0.5) is 0 Å². The van der Waals surface area contributed by atoms with E-state index in [9.17, 15) is 4.79 Å². The van der Waals surface area contributed by atoms with Gasteiger partial charge in [0.25, 0.3) is 0 Å². The first kappa shape index (κ1) is 11.5. The van der Waals surface area contributed by atoms with E-state index in [4.69, 9.17) is 0 Å². The van der Waals surface area contributed by atoms with Crippen LogP contribution in [-0.4, -0.2) is 36.2 Å². The molecule has 88 valence electrons. The molecule has 0 aliphatic carbocycles. The molecule has 3 heterocycles. The molecule has 1 aromatic rings. The Morgan fingerprint density at radius 3 is 2.35 bits per heavy atom. The molecule has 0 bridgehead atoms. The van der Waals surface area contributed by atoms with Crippen LogP contribution in [0.5, 0.6) is 0 Å². The summed E-state index contributed by atoms with van der Waals surface area (Å²) in [5.74, 6) is 0. The van der Waals surface area contributed by atoms with Crippen LogP contribution in [0.15, 0.2) is 40.3 Å². The zero-order valence-corrected chi connectivity index (χ0v) is 13.9. The Bertz CT molecular complexity index is 591. The van der Waals surface area contributed by atoms with Crippen LogP contribution in [0.2, 0.25) is 0 Å². The van der Waals surface area contributed by atoms with E-state index in [0.29, 0.717) is 0 Å². The summed E-state index contributed by atoms with van der Waals surface area (Å²) in [5.41, 5.74) is 0.878. The molecule has 17 heavy (non-hydrogen) atoms. The molecule has 0 radical (unpaired) electrons. The number of aldehydes is 1. The average Bonchev–Trinajstić information content (AvgIpc) is 3.09. The van der Waals surface area contributed by atoms with Crippen LogP contribution < -0.4 is 0 Å². The van der Waals surface area contributed by atoms with Crippen molar-refractivity contribution in [1.29, 1.82) is 0 Å². The molecule has 0 amide bonds. The van der Waals surface area contributed by atoms with E-state index in [1.165, 1.54) is 18.7 Å². The van der Waals surface area contributed by atoms with E-state index in [1.54, 1.807) is 11.3 Å². The Balaban J connectivity index is 2.01. The van der Waals surface area contributed by atoms with E-state index >= 15 is 0 Å². The second-order valence-electron chi connectivity index (χ2n) is 3.68. The van der Waals surface area contributed by atoms with Gasteiger partial charge in [-0.1, -0.05) is 0 Å². The standard InChI is InChI=1S/C13H12OSSe2/c14-8-9-7-10(11-3-1-5-16-11)15-13(9)12-4-2-6-17-12/h1-8H,16-17H2. The summed E-state index contributed by atoms with van der Waals surface area (Å²) in [6.45, 7) is 0. The fourth-order valence-electron chi connectivity index (χ4n) is 1.79. The summed E-state index contributed by atoms with van der Waals surface area (Å²) in [5, 5.41) is 0. The normalized spacial score (nSPS) is 22.1. The van der Waals surface area contributed by atoms with Gasteiger partial charge in [-0.15, -0.1) is 0 Å². The van der Waals surface area contributed by atoms with E-state index in [0.717, 1.165) is 11.8 Å². The summed E-state index contributed by atoms with van der Waals surface area (Å²) in [7, 11) is 0. The predicted octanol–water partition coefficient (Wildman–Crippen LogP) is 1.63. The predicted molar refractivity (Wildman–Crippen MR) is 81.0 cm³/mol. The van der Waals surface area contributed by atoms with Gasteiger partial charge in [0.1, 0.15) is 0 Å². The molecule has 0 atom stereocenters.